The van der Waals surface area contributed by atoms with Crippen molar-refractivity contribution >= 4 is 0 Å². The molecule has 0 aromatic carbocycles. The fourth-order valence-electron chi connectivity index (χ4n) is 1.32. The third-order valence-corrected chi connectivity index (χ3v) is 1.85. The van der Waals surface area contributed by atoms with Crippen molar-refractivity contribution in [3.05, 3.63) is 23.3 Å². The Balaban J connectivity index is -0.000000605. The molecule has 0 aliphatic heterocycles. The van der Waals surface area contributed by atoms with Crippen LogP contribution in [0.3, 0.4) is 0 Å². The molecule has 0 rings (SSSR count). The van der Waals surface area contributed by atoms with Crippen molar-refractivity contribution in [2.24, 2.45) is 0 Å². The summed E-state index contributed by atoms with van der Waals surface area (Å²) in [4.78, 5) is 0. The molecule has 0 aromatic heterocycles. The van der Waals surface area contributed by atoms with Gasteiger partial charge in [0.2, 0.25) is 0 Å². The topological polar surface area (TPSA) is 0 Å². The molecule has 0 saturated carbocycles. The molecular weight excluding hydrogens is 271 g/mol. The molecule has 0 aliphatic rings. The summed E-state index contributed by atoms with van der Waals surface area (Å²) in [6, 6.07) is 0. The van der Waals surface area contributed by atoms with Crippen molar-refractivity contribution in [3.63, 3.8) is 0 Å². The second kappa shape index (κ2) is 13.5. The van der Waals surface area contributed by atoms with Crippen molar-refractivity contribution in [1.82, 2.24) is 0 Å². The second-order valence-corrected chi connectivity index (χ2v) is 2.72. The van der Waals surface area contributed by atoms with Gasteiger partial charge in [-0.25, -0.2) is 0 Å². The largest absolute Gasteiger partial charge is 1.00 e. The molecule has 0 unspecified atom stereocenters. The van der Waals surface area contributed by atoms with E-state index in [1.54, 1.807) is 0 Å². The van der Waals surface area contributed by atoms with Crippen molar-refractivity contribution < 1.29 is 34.1 Å². The van der Waals surface area contributed by atoms with Gasteiger partial charge in [0.25, 0.3) is 0 Å². The predicted octanol–water partition coefficient (Wildman–Crippen LogP) is 4.08. The van der Waals surface area contributed by atoms with Gasteiger partial charge in [-0.2, -0.15) is 0 Å². The molecule has 0 nitrogen and oxygen atoms in total. The molecule has 0 heterocycles. The minimum absolute atomic E-state index is 0. The summed E-state index contributed by atoms with van der Waals surface area (Å²) in [6.45, 7) is 8.64. The van der Waals surface area contributed by atoms with Crippen LogP contribution in [0.25, 0.3) is 0 Å². The van der Waals surface area contributed by atoms with Crippen molar-refractivity contribution in [3.8, 4) is 0 Å². The van der Waals surface area contributed by atoms with Gasteiger partial charge in [0.1, 0.15) is 0 Å². The molecule has 0 fully saturated rings. The zero-order valence-corrected chi connectivity index (χ0v) is 11.3. The van der Waals surface area contributed by atoms with Crippen LogP contribution in [0.1, 0.15) is 53.4 Å². The second-order valence-electron chi connectivity index (χ2n) is 2.72. The van der Waals surface area contributed by atoms with E-state index < -0.39 is 0 Å². The molecule has 0 amide bonds. The number of allylic oxidation sites excluding steroid dienone is 4. The zero-order chi connectivity index (χ0) is 9.40. The van der Waals surface area contributed by atoms with Crippen molar-refractivity contribution in [1.29, 1.82) is 0 Å². The van der Waals surface area contributed by atoms with Gasteiger partial charge in [-0.15, -0.1) is 25.7 Å². The fraction of sp³-hybridized carbons (Fsp3) is 0.667. The summed E-state index contributed by atoms with van der Waals surface area (Å²) in [7, 11) is 0. The van der Waals surface area contributed by atoms with Gasteiger partial charge < -0.3 is 23.3 Å². The van der Waals surface area contributed by atoms with Crippen LogP contribution in [0.2, 0.25) is 0 Å². The van der Waals surface area contributed by atoms with E-state index in [1.165, 1.54) is 11.1 Å². The predicted molar refractivity (Wildman–Crippen MR) is 54.7 cm³/mol. The van der Waals surface area contributed by atoms with E-state index >= 15 is 0 Å². The third kappa shape index (κ3) is 7.88. The summed E-state index contributed by atoms with van der Waals surface area (Å²) in [5.74, 6) is 0. The van der Waals surface area contributed by atoms with Gasteiger partial charge >= 0.3 is 34.1 Å². The first-order valence-corrected chi connectivity index (χ1v) is 4.99. The van der Waals surface area contributed by atoms with Gasteiger partial charge in [-0.1, -0.05) is 27.7 Å². The summed E-state index contributed by atoms with van der Waals surface area (Å²) in [5, 5.41) is 0. The maximum Gasteiger partial charge on any atom is 1.00 e. The van der Waals surface area contributed by atoms with Gasteiger partial charge in [-0.3, -0.25) is 0 Å². The molecule has 0 atom stereocenters. The van der Waals surface area contributed by atoms with Crippen LogP contribution in [0.5, 0.6) is 0 Å². The Morgan fingerprint density at radius 3 is 1.14 bits per heavy atom. The van der Waals surface area contributed by atoms with Crippen LogP contribution in [-0.4, -0.2) is 0 Å². The normalized spacial score (nSPS) is 11.7. The molecule has 0 bridgehead atoms. The van der Waals surface area contributed by atoms with Crippen LogP contribution in [0.15, 0.2) is 11.1 Å². The van der Waals surface area contributed by atoms with Crippen molar-refractivity contribution in [2.45, 2.75) is 53.4 Å². The average molecular weight is 291 g/mol. The number of rotatable bonds is 5. The van der Waals surface area contributed by atoms with E-state index in [1.807, 2.05) is 0 Å². The molecule has 0 radical (unpaired) electrons. The summed E-state index contributed by atoms with van der Waals surface area (Å²) in [6.07, 6.45) is 11.0. The van der Waals surface area contributed by atoms with E-state index in [9.17, 15) is 0 Å². The van der Waals surface area contributed by atoms with E-state index in [-0.39, 0.29) is 34.1 Å². The Kier molecular flexibility index (Phi) is 19.3. The van der Waals surface area contributed by atoms with Crippen LogP contribution in [0, 0.1) is 12.2 Å². The van der Waals surface area contributed by atoms with Gasteiger partial charge in [-0.05, 0) is 0 Å². The molecular formula is C12H20Cu2. The summed E-state index contributed by atoms with van der Waals surface area (Å²) >= 11 is 0. The molecule has 0 aromatic rings. The first kappa shape index (κ1) is 20.0. The van der Waals surface area contributed by atoms with Crippen LogP contribution in [0.4, 0.5) is 0 Å². The Bertz CT molecular complexity index is 149. The van der Waals surface area contributed by atoms with Crippen molar-refractivity contribution in [2.75, 3.05) is 0 Å². The summed E-state index contributed by atoms with van der Waals surface area (Å²) < 4.78 is 0. The van der Waals surface area contributed by atoms with Gasteiger partial charge in [0, 0.05) is 0 Å². The Morgan fingerprint density at radius 2 is 1.00 bits per heavy atom. The maximum atomic E-state index is 3.39. The first-order chi connectivity index (χ1) is 5.79. The molecule has 0 saturated heterocycles. The molecule has 0 N–H and O–H groups in total. The Morgan fingerprint density at radius 1 is 0.714 bits per heavy atom. The molecule has 2 heteroatoms. The van der Waals surface area contributed by atoms with Crippen LogP contribution in [-0.2, 0) is 34.1 Å². The van der Waals surface area contributed by atoms with Crippen LogP contribution < -0.4 is 0 Å². The zero-order valence-electron chi connectivity index (χ0n) is 9.43. The maximum absolute atomic E-state index is 3.39. The van der Waals surface area contributed by atoms with Crippen LogP contribution >= 0.6 is 0 Å². The molecule has 0 aliphatic carbocycles. The Labute approximate surface area is 111 Å². The first-order valence-electron chi connectivity index (χ1n) is 4.99. The third-order valence-electron chi connectivity index (χ3n) is 1.85. The van der Waals surface area contributed by atoms with E-state index in [0.29, 0.717) is 0 Å². The SMILES string of the molecule is CC[C-]=C(CC)C(=[C-]CC)CC.[Cu+].[Cu+]. The molecule has 14 heavy (non-hydrogen) atoms. The van der Waals surface area contributed by atoms with Gasteiger partial charge in [0.15, 0.2) is 0 Å². The Hall–Kier alpha value is 0.519. The molecule has 0 spiro atoms. The van der Waals surface area contributed by atoms with E-state index in [2.05, 4.69) is 39.8 Å². The standard InChI is InChI=1S/C12H20.2Cu/c1-5-9-11(7-3)12(8-4)10-6-2;;/h5-8H2,1-4H3;;/q-2;2*+1. The monoisotopic (exact) mass is 290 g/mol. The van der Waals surface area contributed by atoms with Gasteiger partial charge in [0.05, 0.1) is 0 Å². The van der Waals surface area contributed by atoms with E-state index in [0.717, 1.165) is 25.7 Å². The average Bonchev–Trinajstić information content (AvgIpc) is 2.11. The smallest absolute Gasteiger partial charge is 0.373 e. The quantitative estimate of drug-likeness (QED) is 0.407. The number of hydrogen-bond donors (Lipinski definition) is 0. The summed E-state index contributed by atoms with van der Waals surface area (Å²) in [5.41, 5.74) is 2.73. The fourth-order valence-corrected chi connectivity index (χ4v) is 1.32. The minimum Gasteiger partial charge on any atom is -0.373 e. The number of hydrogen-bond acceptors (Lipinski definition) is 0. The minimum atomic E-state index is 0. The van der Waals surface area contributed by atoms with E-state index in [4.69, 9.17) is 0 Å². The molecule has 90 valence electrons.